The van der Waals surface area contributed by atoms with Crippen LogP contribution in [0.15, 0.2) is 4.42 Å². The fourth-order valence-electron chi connectivity index (χ4n) is 2.56. The van der Waals surface area contributed by atoms with Crippen molar-refractivity contribution in [2.75, 3.05) is 11.4 Å². The molecule has 1 aliphatic heterocycles. The van der Waals surface area contributed by atoms with Gasteiger partial charge in [0.2, 0.25) is 5.89 Å². The Kier molecular flexibility index (Phi) is 3.24. The zero-order valence-electron chi connectivity index (χ0n) is 11.2. The van der Waals surface area contributed by atoms with Gasteiger partial charge in [0.05, 0.1) is 6.54 Å². The maximum absolute atomic E-state index is 5.76. The lowest BCUT2D eigenvalue weighted by atomic mass is 9.92. The highest BCUT2D eigenvalue weighted by molar-refractivity contribution is 5.27. The van der Waals surface area contributed by atoms with Crippen molar-refractivity contribution in [2.24, 2.45) is 5.92 Å². The second-order valence-electron chi connectivity index (χ2n) is 5.69. The van der Waals surface area contributed by atoms with Crippen molar-refractivity contribution in [3.63, 3.8) is 0 Å². The number of piperidine rings is 1. The average molecular weight is 250 g/mol. The molecule has 100 valence electrons. The van der Waals surface area contributed by atoms with Crippen molar-refractivity contribution >= 4 is 6.01 Å². The largest absolute Gasteiger partial charge is 0.407 e. The number of hydrogen-bond donors (Lipinski definition) is 1. The summed E-state index contributed by atoms with van der Waals surface area (Å²) < 4.78 is 5.76. The van der Waals surface area contributed by atoms with Crippen molar-refractivity contribution in [1.82, 2.24) is 15.5 Å². The molecule has 0 aromatic carbocycles. The molecule has 1 saturated carbocycles. The van der Waals surface area contributed by atoms with E-state index in [9.17, 15) is 0 Å². The molecule has 0 bridgehead atoms. The summed E-state index contributed by atoms with van der Waals surface area (Å²) >= 11 is 0. The van der Waals surface area contributed by atoms with Gasteiger partial charge in [-0.25, -0.2) is 0 Å². The molecule has 1 aromatic rings. The Morgan fingerprint density at radius 2 is 2.11 bits per heavy atom. The molecule has 1 saturated heterocycles. The molecule has 1 aromatic heterocycles. The maximum Gasteiger partial charge on any atom is 0.318 e. The Morgan fingerprint density at radius 1 is 1.28 bits per heavy atom. The van der Waals surface area contributed by atoms with Crippen LogP contribution < -0.4 is 10.2 Å². The fourth-order valence-corrected chi connectivity index (χ4v) is 2.56. The first-order valence-electron chi connectivity index (χ1n) is 7.06. The number of aromatic nitrogens is 2. The van der Waals surface area contributed by atoms with Gasteiger partial charge in [-0.1, -0.05) is 12.0 Å². The van der Waals surface area contributed by atoms with E-state index in [1.54, 1.807) is 0 Å². The van der Waals surface area contributed by atoms with Crippen LogP contribution in [0.4, 0.5) is 6.01 Å². The molecule has 0 amide bonds. The third kappa shape index (κ3) is 2.51. The Hall–Kier alpha value is -1.10. The number of hydrogen-bond acceptors (Lipinski definition) is 5. The molecule has 2 aliphatic rings. The van der Waals surface area contributed by atoms with Gasteiger partial charge in [0.1, 0.15) is 0 Å². The summed E-state index contributed by atoms with van der Waals surface area (Å²) in [6.07, 6.45) is 5.06. The smallest absolute Gasteiger partial charge is 0.318 e. The second-order valence-corrected chi connectivity index (χ2v) is 5.69. The van der Waals surface area contributed by atoms with E-state index in [4.69, 9.17) is 4.42 Å². The van der Waals surface area contributed by atoms with Gasteiger partial charge in [-0.2, -0.15) is 0 Å². The quantitative estimate of drug-likeness (QED) is 0.885. The van der Waals surface area contributed by atoms with Crippen LogP contribution in [0.3, 0.4) is 0 Å². The maximum atomic E-state index is 5.76. The summed E-state index contributed by atoms with van der Waals surface area (Å²) in [5, 5.41) is 11.7. The third-order valence-electron chi connectivity index (χ3n) is 4.19. The van der Waals surface area contributed by atoms with Crippen LogP contribution in [0.1, 0.15) is 45.4 Å². The lowest BCUT2D eigenvalue weighted by Crippen LogP contribution is -2.42. The molecule has 1 N–H and O–H groups in total. The highest BCUT2D eigenvalue weighted by Gasteiger charge is 2.28. The SMILES string of the molecule is CC1CCCN(c2nnc(CNC3CC3)o2)C1C. The van der Waals surface area contributed by atoms with Gasteiger partial charge in [-0.05, 0) is 38.5 Å². The Balaban J connectivity index is 1.63. The number of nitrogens with zero attached hydrogens (tertiary/aromatic N) is 3. The van der Waals surface area contributed by atoms with Gasteiger partial charge in [-0.15, -0.1) is 5.10 Å². The predicted octanol–water partition coefficient (Wildman–Crippen LogP) is 1.95. The molecular formula is C13H22N4O. The van der Waals surface area contributed by atoms with Crippen LogP contribution in [0, 0.1) is 5.92 Å². The van der Waals surface area contributed by atoms with E-state index in [-0.39, 0.29) is 0 Å². The summed E-state index contributed by atoms with van der Waals surface area (Å²) in [5.74, 6) is 1.40. The second kappa shape index (κ2) is 4.88. The third-order valence-corrected chi connectivity index (χ3v) is 4.19. The molecule has 2 unspecified atom stereocenters. The van der Waals surface area contributed by atoms with E-state index >= 15 is 0 Å². The summed E-state index contributed by atoms with van der Waals surface area (Å²) in [6.45, 7) is 6.28. The van der Waals surface area contributed by atoms with Crippen LogP contribution in [0.5, 0.6) is 0 Å². The first-order valence-corrected chi connectivity index (χ1v) is 7.06. The van der Waals surface area contributed by atoms with Gasteiger partial charge < -0.3 is 14.6 Å². The molecule has 2 heterocycles. The Bertz CT molecular complexity index is 401. The van der Waals surface area contributed by atoms with Crippen LogP contribution in [0.2, 0.25) is 0 Å². The van der Waals surface area contributed by atoms with Crippen LogP contribution in [-0.4, -0.2) is 28.8 Å². The first kappa shape index (κ1) is 12.0. The summed E-state index contributed by atoms with van der Waals surface area (Å²) in [6, 6.07) is 1.86. The summed E-state index contributed by atoms with van der Waals surface area (Å²) in [7, 11) is 0. The fraction of sp³-hybridized carbons (Fsp3) is 0.846. The molecule has 2 atom stereocenters. The monoisotopic (exact) mass is 250 g/mol. The van der Waals surface area contributed by atoms with Crippen molar-refractivity contribution in [3.8, 4) is 0 Å². The zero-order valence-corrected chi connectivity index (χ0v) is 11.2. The molecule has 0 radical (unpaired) electrons. The minimum atomic E-state index is 0.489. The van der Waals surface area contributed by atoms with Crippen LogP contribution >= 0.6 is 0 Å². The summed E-state index contributed by atoms with van der Waals surface area (Å²) in [4.78, 5) is 2.25. The summed E-state index contributed by atoms with van der Waals surface area (Å²) in [5.41, 5.74) is 0. The van der Waals surface area contributed by atoms with Gasteiger partial charge in [0, 0.05) is 18.6 Å². The lowest BCUT2D eigenvalue weighted by molar-refractivity contribution is 0.338. The van der Waals surface area contributed by atoms with Gasteiger partial charge in [-0.3, -0.25) is 0 Å². The Labute approximate surface area is 108 Å². The molecule has 2 fully saturated rings. The topological polar surface area (TPSA) is 54.2 Å². The lowest BCUT2D eigenvalue weighted by Gasteiger charge is -2.36. The number of rotatable bonds is 4. The van der Waals surface area contributed by atoms with E-state index in [2.05, 4.69) is 34.3 Å². The number of anilines is 1. The zero-order chi connectivity index (χ0) is 12.5. The van der Waals surface area contributed by atoms with E-state index in [1.165, 1.54) is 25.7 Å². The first-order chi connectivity index (χ1) is 8.74. The molecular weight excluding hydrogens is 228 g/mol. The van der Waals surface area contributed by atoms with E-state index < -0.39 is 0 Å². The van der Waals surface area contributed by atoms with E-state index in [1.807, 2.05) is 0 Å². The Morgan fingerprint density at radius 3 is 2.89 bits per heavy atom. The van der Waals surface area contributed by atoms with Crippen LogP contribution in [0.25, 0.3) is 0 Å². The molecule has 0 spiro atoms. The molecule has 5 heteroatoms. The highest BCUT2D eigenvalue weighted by atomic mass is 16.4. The molecule has 5 nitrogen and oxygen atoms in total. The van der Waals surface area contributed by atoms with Gasteiger partial charge in [0.25, 0.3) is 0 Å². The number of nitrogens with one attached hydrogen (secondary N) is 1. The minimum Gasteiger partial charge on any atom is -0.407 e. The molecule has 18 heavy (non-hydrogen) atoms. The molecule has 3 rings (SSSR count). The van der Waals surface area contributed by atoms with Crippen molar-refractivity contribution < 1.29 is 4.42 Å². The van der Waals surface area contributed by atoms with E-state index in [0.717, 1.165) is 6.54 Å². The standard InChI is InChI=1S/C13H22N4O/c1-9-4-3-7-17(10(9)2)13-16-15-12(18-13)8-14-11-5-6-11/h9-11,14H,3-8H2,1-2H3. The van der Waals surface area contributed by atoms with Crippen LogP contribution in [-0.2, 0) is 6.54 Å². The normalized spacial score (nSPS) is 28.7. The van der Waals surface area contributed by atoms with E-state index in [0.29, 0.717) is 36.5 Å². The van der Waals surface area contributed by atoms with Crippen molar-refractivity contribution in [1.29, 1.82) is 0 Å². The molecule has 1 aliphatic carbocycles. The van der Waals surface area contributed by atoms with Crippen molar-refractivity contribution in [3.05, 3.63) is 5.89 Å². The van der Waals surface area contributed by atoms with Gasteiger partial charge in [0.15, 0.2) is 0 Å². The van der Waals surface area contributed by atoms with Gasteiger partial charge >= 0.3 is 6.01 Å². The minimum absolute atomic E-state index is 0.489. The predicted molar refractivity (Wildman–Crippen MR) is 69.4 cm³/mol. The van der Waals surface area contributed by atoms with Crippen molar-refractivity contribution in [2.45, 2.75) is 58.2 Å². The average Bonchev–Trinajstić information content (AvgIpc) is 3.08. The highest BCUT2D eigenvalue weighted by Crippen LogP contribution is 2.27.